The number of halogens is 3. The van der Waals surface area contributed by atoms with Crippen molar-refractivity contribution in [1.82, 2.24) is 0 Å². The number of nitrogens with one attached hydrogen (secondary N) is 2. The van der Waals surface area contributed by atoms with Gasteiger partial charge in [-0.05, 0) is 54.7 Å². The van der Waals surface area contributed by atoms with Crippen molar-refractivity contribution in [2.75, 3.05) is 30.4 Å². The highest BCUT2D eigenvalue weighted by Crippen LogP contribution is 2.41. The van der Waals surface area contributed by atoms with E-state index in [0.717, 1.165) is 48.2 Å². The number of hydrogen-bond donors (Lipinski definition) is 3. The molecule has 6 nitrogen and oxygen atoms in total. The van der Waals surface area contributed by atoms with Crippen molar-refractivity contribution in [3.05, 3.63) is 53.1 Å². The molecule has 0 amide bonds. The van der Waals surface area contributed by atoms with Crippen molar-refractivity contribution in [3.63, 3.8) is 0 Å². The summed E-state index contributed by atoms with van der Waals surface area (Å²) in [5.74, 6) is -0.466. The van der Waals surface area contributed by atoms with Crippen LogP contribution in [-0.2, 0) is 17.6 Å². The van der Waals surface area contributed by atoms with Crippen LogP contribution in [0.1, 0.15) is 42.9 Å². The van der Waals surface area contributed by atoms with E-state index in [-0.39, 0.29) is 16.9 Å². The molecule has 4 rings (SSSR count). The molecule has 0 aromatic heterocycles. The minimum absolute atomic E-state index is 0.169. The Bertz CT molecular complexity index is 1120. The van der Waals surface area contributed by atoms with Crippen molar-refractivity contribution in [1.29, 1.82) is 5.41 Å². The molecule has 0 aliphatic carbocycles. The third-order valence-corrected chi connectivity index (χ3v) is 7.14. The third kappa shape index (κ3) is 5.23. The Balaban J connectivity index is 1.45. The van der Waals surface area contributed by atoms with Crippen LogP contribution in [-0.4, -0.2) is 48.7 Å². The molecule has 3 N–H and O–H groups in total. The van der Waals surface area contributed by atoms with E-state index >= 15 is 0 Å². The molecule has 2 heterocycles. The summed E-state index contributed by atoms with van der Waals surface area (Å²) in [6, 6.07) is 10.6. The molecule has 0 saturated carbocycles. The lowest BCUT2D eigenvalue weighted by molar-refractivity contribution is -0.141. The summed E-state index contributed by atoms with van der Waals surface area (Å²) in [4.78, 5) is 13.4. The van der Waals surface area contributed by atoms with Crippen molar-refractivity contribution in [2.24, 2.45) is 5.92 Å². The molecule has 2 aliphatic rings. The van der Waals surface area contributed by atoms with Gasteiger partial charge in [-0.3, -0.25) is 10.2 Å². The molecule has 2 aliphatic heterocycles. The SMILES string of the molecule is CNc1cc(N2CCC3(CCc4ccc(CC(C)C(=O)O)cc4O3)CC2)ccc1C(=N)C(F)(F)F. The largest absolute Gasteiger partial charge is 0.487 e. The van der Waals surface area contributed by atoms with Gasteiger partial charge in [-0.15, -0.1) is 0 Å². The molecule has 1 unspecified atom stereocenters. The number of anilines is 2. The van der Waals surface area contributed by atoms with E-state index in [2.05, 4.69) is 10.2 Å². The lowest BCUT2D eigenvalue weighted by atomic mass is 9.82. The van der Waals surface area contributed by atoms with E-state index in [0.29, 0.717) is 19.5 Å². The van der Waals surface area contributed by atoms with Gasteiger partial charge in [0.1, 0.15) is 17.1 Å². The summed E-state index contributed by atoms with van der Waals surface area (Å²) >= 11 is 0. The highest BCUT2D eigenvalue weighted by Gasteiger charge is 2.40. The Labute approximate surface area is 202 Å². The second kappa shape index (κ2) is 9.43. The first-order valence-corrected chi connectivity index (χ1v) is 11.8. The number of benzene rings is 2. The number of aliphatic carboxylic acids is 1. The number of hydrogen-bond acceptors (Lipinski definition) is 5. The lowest BCUT2D eigenvalue weighted by Gasteiger charge is -2.45. The zero-order valence-electron chi connectivity index (χ0n) is 19.8. The number of carboxylic acids is 1. The van der Waals surface area contributed by atoms with E-state index in [1.807, 2.05) is 18.2 Å². The van der Waals surface area contributed by atoms with E-state index in [1.165, 1.54) is 6.07 Å². The number of aryl methyl sites for hydroxylation is 1. The predicted octanol–water partition coefficient (Wildman–Crippen LogP) is 5.29. The Morgan fingerprint density at radius 2 is 1.91 bits per heavy atom. The van der Waals surface area contributed by atoms with E-state index in [4.69, 9.17) is 10.1 Å². The quantitative estimate of drug-likeness (QED) is 0.481. The normalized spacial score (nSPS) is 17.9. The van der Waals surface area contributed by atoms with Crippen LogP contribution in [0.2, 0.25) is 0 Å². The van der Waals surface area contributed by atoms with Crippen molar-refractivity contribution in [3.8, 4) is 5.75 Å². The highest BCUT2D eigenvalue weighted by molar-refractivity contribution is 6.07. The smallest absolute Gasteiger partial charge is 0.433 e. The second-order valence-electron chi connectivity index (χ2n) is 9.51. The van der Waals surface area contributed by atoms with Crippen LogP contribution >= 0.6 is 0 Å². The van der Waals surface area contributed by atoms with Crippen LogP contribution in [0.5, 0.6) is 5.75 Å². The molecule has 35 heavy (non-hydrogen) atoms. The zero-order valence-corrected chi connectivity index (χ0v) is 19.8. The predicted molar refractivity (Wildman–Crippen MR) is 129 cm³/mol. The number of ether oxygens (including phenoxy) is 1. The van der Waals surface area contributed by atoms with Gasteiger partial charge in [0, 0.05) is 49.9 Å². The molecule has 1 spiro atoms. The molecule has 1 saturated heterocycles. The first kappa shape index (κ1) is 24.9. The lowest BCUT2D eigenvalue weighted by Crippen LogP contribution is -2.49. The number of carboxylic acid groups (broad SMARTS) is 1. The van der Waals surface area contributed by atoms with Crippen molar-refractivity contribution >= 4 is 23.1 Å². The van der Waals surface area contributed by atoms with Crippen LogP contribution in [0.15, 0.2) is 36.4 Å². The van der Waals surface area contributed by atoms with Gasteiger partial charge in [0.05, 0.1) is 5.92 Å². The van der Waals surface area contributed by atoms with E-state index < -0.39 is 23.8 Å². The molecule has 2 aromatic carbocycles. The summed E-state index contributed by atoms with van der Waals surface area (Å²) in [5, 5.41) is 19.5. The van der Waals surface area contributed by atoms with Crippen LogP contribution in [0.3, 0.4) is 0 Å². The summed E-state index contributed by atoms with van der Waals surface area (Å²) in [6.07, 6.45) is -0.925. The molecular formula is C26H30F3N3O3. The van der Waals surface area contributed by atoms with Crippen molar-refractivity contribution in [2.45, 2.75) is 50.8 Å². The van der Waals surface area contributed by atoms with Gasteiger partial charge in [0.2, 0.25) is 0 Å². The number of carbonyl (C=O) groups is 1. The summed E-state index contributed by atoms with van der Waals surface area (Å²) in [6.45, 7) is 3.09. The van der Waals surface area contributed by atoms with Gasteiger partial charge in [-0.1, -0.05) is 19.1 Å². The fourth-order valence-corrected chi connectivity index (χ4v) is 4.95. The molecule has 2 aromatic rings. The Morgan fingerprint density at radius 1 is 1.20 bits per heavy atom. The highest BCUT2D eigenvalue weighted by atomic mass is 19.4. The summed E-state index contributed by atoms with van der Waals surface area (Å²) < 4.78 is 45.6. The maximum absolute atomic E-state index is 13.0. The minimum Gasteiger partial charge on any atom is -0.487 e. The fraction of sp³-hybridized carbons (Fsp3) is 0.462. The minimum atomic E-state index is -4.70. The Hall–Kier alpha value is -3.23. The summed E-state index contributed by atoms with van der Waals surface area (Å²) in [7, 11) is 1.55. The number of piperidine rings is 1. The zero-order chi connectivity index (χ0) is 25.4. The molecule has 1 fully saturated rings. The Morgan fingerprint density at radius 3 is 2.54 bits per heavy atom. The van der Waals surface area contributed by atoms with Gasteiger partial charge >= 0.3 is 12.1 Å². The van der Waals surface area contributed by atoms with Crippen LogP contribution in [0.4, 0.5) is 24.5 Å². The second-order valence-corrected chi connectivity index (χ2v) is 9.51. The number of nitrogens with zero attached hydrogens (tertiary/aromatic N) is 1. The topological polar surface area (TPSA) is 85.7 Å². The Kier molecular flexibility index (Phi) is 6.71. The van der Waals surface area contributed by atoms with Crippen molar-refractivity contribution < 1.29 is 27.8 Å². The number of fused-ring (bicyclic) bond motifs is 1. The first-order valence-electron chi connectivity index (χ1n) is 11.8. The van der Waals surface area contributed by atoms with Gasteiger partial charge in [-0.2, -0.15) is 13.2 Å². The van der Waals surface area contributed by atoms with Crippen LogP contribution in [0.25, 0.3) is 0 Å². The summed E-state index contributed by atoms with van der Waals surface area (Å²) in [5.41, 5.74) is 1.32. The van der Waals surface area contributed by atoms with E-state index in [9.17, 15) is 23.1 Å². The average Bonchev–Trinajstić information content (AvgIpc) is 2.82. The fourth-order valence-electron chi connectivity index (χ4n) is 4.95. The first-order chi connectivity index (χ1) is 16.5. The average molecular weight is 490 g/mol. The standard InChI is InChI=1S/C26H30F3N3O3/c1-16(24(33)34)13-17-3-4-18-7-8-25(35-22(18)14-17)9-11-32(12-10-25)19-5-6-20(21(15-19)31-2)23(30)26(27,28)29/h3-6,14-16,30-31H,7-13H2,1-2H3,(H,33,34). The molecule has 0 radical (unpaired) electrons. The van der Waals surface area contributed by atoms with E-state index in [1.54, 1.807) is 26.1 Å². The molecule has 1 atom stereocenters. The number of rotatable bonds is 6. The van der Waals surface area contributed by atoms with Crippen LogP contribution < -0.4 is 15.0 Å². The monoisotopic (exact) mass is 489 g/mol. The van der Waals surface area contributed by atoms with Gasteiger partial charge in [0.15, 0.2) is 0 Å². The molecular weight excluding hydrogens is 459 g/mol. The maximum Gasteiger partial charge on any atom is 0.433 e. The maximum atomic E-state index is 13.0. The number of alkyl halides is 3. The molecule has 9 heteroatoms. The van der Waals surface area contributed by atoms with Gasteiger partial charge in [-0.25, -0.2) is 0 Å². The molecule has 188 valence electrons. The third-order valence-electron chi connectivity index (χ3n) is 7.14. The van der Waals surface area contributed by atoms with Gasteiger partial charge in [0.25, 0.3) is 0 Å². The van der Waals surface area contributed by atoms with Crippen LogP contribution in [0, 0.1) is 11.3 Å². The molecule has 0 bridgehead atoms. The van der Waals surface area contributed by atoms with Gasteiger partial charge < -0.3 is 20.1 Å².